The zero-order valence-corrected chi connectivity index (χ0v) is 20.2. The topological polar surface area (TPSA) is 92.2 Å². The van der Waals surface area contributed by atoms with E-state index < -0.39 is 0 Å². The maximum atomic E-state index is 13.3. The largest absolute Gasteiger partial charge is 0.376 e. The number of thioether (sulfide) groups is 1. The van der Waals surface area contributed by atoms with Gasteiger partial charge < -0.3 is 9.26 Å². The minimum atomic E-state index is -0.101. The van der Waals surface area contributed by atoms with Crippen molar-refractivity contribution in [3.8, 4) is 5.82 Å². The lowest BCUT2D eigenvalue weighted by molar-refractivity contribution is 0.0937. The molecule has 1 aromatic carbocycles. The van der Waals surface area contributed by atoms with Crippen molar-refractivity contribution in [3.63, 3.8) is 0 Å². The van der Waals surface area contributed by atoms with E-state index in [4.69, 9.17) is 14.2 Å². The molecule has 8 nitrogen and oxygen atoms in total. The van der Waals surface area contributed by atoms with Crippen LogP contribution in [0.4, 0.5) is 0 Å². The maximum Gasteiger partial charge on any atom is 0.262 e. The molecule has 0 radical (unpaired) electrons. The molecule has 4 aromatic rings. The third kappa shape index (κ3) is 4.21. The molecule has 1 fully saturated rings. The Hall–Kier alpha value is -3.17. The van der Waals surface area contributed by atoms with E-state index in [0.717, 1.165) is 24.2 Å². The Morgan fingerprint density at radius 1 is 1.21 bits per heavy atom. The molecule has 34 heavy (non-hydrogen) atoms. The Bertz CT molecular complexity index is 1430. The number of carbonyl (C=O) groups excluding carboxylic acids is 1. The molecule has 4 heterocycles. The lowest BCUT2D eigenvalue weighted by Gasteiger charge is -2.16. The number of hydrogen-bond donors (Lipinski definition) is 0. The fraction of sp³-hybridized carbons (Fsp3) is 0.360. The van der Waals surface area contributed by atoms with E-state index in [1.54, 1.807) is 10.6 Å². The second-order valence-corrected chi connectivity index (χ2v) is 9.53. The Morgan fingerprint density at radius 2 is 2.03 bits per heavy atom. The molecule has 0 saturated carbocycles. The summed E-state index contributed by atoms with van der Waals surface area (Å²) in [6, 6.07) is 11.0. The molecule has 1 aliphatic rings. The standard InChI is InChI=1S/C25H26N4O4S/c1-15-11-20(17(3)29(15)23-12-16(2)33-27-23)22(30)14-34-25-26-21-9-5-4-8-19(21)24(31)28(25)13-18-7-6-10-32-18/h4-5,8-9,11-12,18H,6-7,10,13-14H2,1-3H3. The van der Waals surface area contributed by atoms with Gasteiger partial charge in [-0.2, -0.15) is 0 Å². The van der Waals surface area contributed by atoms with Crippen molar-refractivity contribution < 1.29 is 14.1 Å². The lowest BCUT2D eigenvalue weighted by Crippen LogP contribution is -2.29. The number of ketones is 1. The summed E-state index contributed by atoms with van der Waals surface area (Å²) in [5, 5.41) is 5.19. The summed E-state index contributed by atoms with van der Waals surface area (Å²) in [6.07, 6.45) is 1.89. The predicted molar refractivity (Wildman–Crippen MR) is 130 cm³/mol. The Labute approximate surface area is 200 Å². The highest BCUT2D eigenvalue weighted by Gasteiger charge is 2.22. The minimum absolute atomic E-state index is 0.0134. The van der Waals surface area contributed by atoms with Crippen LogP contribution in [0.5, 0.6) is 0 Å². The molecule has 0 amide bonds. The highest BCUT2D eigenvalue weighted by molar-refractivity contribution is 7.99. The number of rotatable bonds is 7. The van der Waals surface area contributed by atoms with Crippen LogP contribution in [0, 0.1) is 20.8 Å². The van der Waals surface area contributed by atoms with Crippen LogP contribution in [0.15, 0.2) is 50.9 Å². The molecule has 1 aliphatic heterocycles. The van der Waals surface area contributed by atoms with E-state index in [1.807, 2.05) is 55.7 Å². The zero-order valence-electron chi connectivity index (χ0n) is 19.4. The van der Waals surface area contributed by atoms with Crippen LogP contribution < -0.4 is 5.56 Å². The summed E-state index contributed by atoms with van der Waals surface area (Å²) in [6.45, 7) is 6.82. The Kier molecular flexibility index (Phi) is 6.14. The Morgan fingerprint density at radius 3 is 2.76 bits per heavy atom. The van der Waals surface area contributed by atoms with Gasteiger partial charge in [-0.05, 0) is 51.8 Å². The van der Waals surface area contributed by atoms with Gasteiger partial charge in [-0.15, -0.1) is 0 Å². The van der Waals surface area contributed by atoms with Crippen molar-refractivity contribution >= 4 is 28.4 Å². The number of nitrogens with zero attached hydrogens (tertiary/aromatic N) is 4. The van der Waals surface area contributed by atoms with Gasteiger partial charge in [-0.3, -0.25) is 18.7 Å². The van der Waals surface area contributed by atoms with Crippen molar-refractivity contribution in [3.05, 3.63) is 69.5 Å². The van der Waals surface area contributed by atoms with Crippen LogP contribution in [0.25, 0.3) is 16.7 Å². The number of fused-ring (bicyclic) bond motifs is 1. The number of Topliss-reactive ketones (excluding diaryl/α,β-unsaturated/α-hetero) is 1. The first-order valence-electron chi connectivity index (χ1n) is 11.3. The number of aromatic nitrogens is 4. The second kappa shape index (κ2) is 9.23. The van der Waals surface area contributed by atoms with Gasteiger partial charge in [0, 0.05) is 29.6 Å². The van der Waals surface area contributed by atoms with Gasteiger partial charge in [0.15, 0.2) is 16.8 Å². The van der Waals surface area contributed by atoms with E-state index in [1.165, 1.54) is 11.8 Å². The van der Waals surface area contributed by atoms with Gasteiger partial charge in [0.05, 0.1) is 29.3 Å². The summed E-state index contributed by atoms with van der Waals surface area (Å²) in [5.41, 5.74) is 2.86. The molecule has 9 heteroatoms. The SMILES string of the molecule is Cc1cc(-n2c(C)cc(C(=O)CSc3nc4ccccc4c(=O)n3CC3CCCO3)c2C)no1. The third-order valence-corrected chi connectivity index (χ3v) is 7.12. The minimum Gasteiger partial charge on any atom is -0.376 e. The number of hydrogen-bond acceptors (Lipinski definition) is 7. The van der Waals surface area contributed by atoms with Gasteiger partial charge in [0.25, 0.3) is 5.56 Å². The van der Waals surface area contributed by atoms with Gasteiger partial charge in [0.2, 0.25) is 0 Å². The van der Waals surface area contributed by atoms with E-state index in [2.05, 4.69) is 5.16 Å². The summed E-state index contributed by atoms with van der Waals surface area (Å²) < 4.78 is 14.6. The van der Waals surface area contributed by atoms with Crippen LogP contribution in [-0.4, -0.2) is 43.5 Å². The van der Waals surface area contributed by atoms with Gasteiger partial charge >= 0.3 is 0 Å². The maximum absolute atomic E-state index is 13.3. The van der Waals surface area contributed by atoms with Crippen molar-refractivity contribution in [2.75, 3.05) is 12.4 Å². The van der Waals surface area contributed by atoms with E-state index in [0.29, 0.717) is 46.4 Å². The number of ether oxygens (including phenoxy) is 1. The number of para-hydroxylation sites is 1. The summed E-state index contributed by atoms with van der Waals surface area (Å²) in [5.74, 6) is 1.49. The van der Waals surface area contributed by atoms with Crippen LogP contribution in [-0.2, 0) is 11.3 Å². The average molecular weight is 479 g/mol. The first-order chi connectivity index (χ1) is 16.4. The molecule has 0 aliphatic carbocycles. The quantitative estimate of drug-likeness (QED) is 0.223. The highest BCUT2D eigenvalue weighted by Crippen LogP contribution is 2.25. The summed E-state index contributed by atoms with van der Waals surface area (Å²) in [7, 11) is 0. The molecule has 0 bridgehead atoms. The average Bonchev–Trinajstić information content (AvgIpc) is 3.55. The molecule has 5 rings (SSSR count). The van der Waals surface area contributed by atoms with E-state index in [-0.39, 0.29) is 23.2 Å². The first kappa shape index (κ1) is 22.6. The second-order valence-electron chi connectivity index (χ2n) is 8.59. The number of carbonyl (C=O) groups is 1. The molecular weight excluding hydrogens is 452 g/mol. The highest BCUT2D eigenvalue weighted by atomic mass is 32.2. The molecule has 0 spiro atoms. The normalized spacial score (nSPS) is 15.9. The molecular formula is C25H26N4O4S. The smallest absolute Gasteiger partial charge is 0.262 e. The lowest BCUT2D eigenvalue weighted by atomic mass is 10.2. The van der Waals surface area contributed by atoms with Crippen molar-refractivity contribution in [1.82, 2.24) is 19.3 Å². The zero-order chi connectivity index (χ0) is 23.8. The fourth-order valence-electron chi connectivity index (χ4n) is 4.47. The molecule has 176 valence electrons. The molecule has 1 saturated heterocycles. The predicted octanol–water partition coefficient (Wildman–Crippen LogP) is 4.25. The van der Waals surface area contributed by atoms with Crippen molar-refractivity contribution in [2.24, 2.45) is 0 Å². The monoisotopic (exact) mass is 478 g/mol. The molecule has 1 unspecified atom stereocenters. The fourth-order valence-corrected chi connectivity index (χ4v) is 5.37. The van der Waals surface area contributed by atoms with Gasteiger partial charge in [-0.1, -0.05) is 29.1 Å². The van der Waals surface area contributed by atoms with Crippen LogP contribution >= 0.6 is 11.8 Å². The molecule has 0 N–H and O–H groups in total. The number of aryl methyl sites for hydroxylation is 2. The van der Waals surface area contributed by atoms with Crippen LogP contribution in [0.3, 0.4) is 0 Å². The summed E-state index contributed by atoms with van der Waals surface area (Å²) >= 11 is 1.29. The Balaban J connectivity index is 1.44. The van der Waals surface area contributed by atoms with Gasteiger partial charge in [0.1, 0.15) is 5.76 Å². The summed E-state index contributed by atoms with van der Waals surface area (Å²) in [4.78, 5) is 31.2. The van der Waals surface area contributed by atoms with E-state index in [9.17, 15) is 9.59 Å². The third-order valence-electron chi connectivity index (χ3n) is 6.15. The van der Waals surface area contributed by atoms with Gasteiger partial charge in [-0.25, -0.2) is 4.98 Å². The van der Waals surface area contributed by atoms with Crippen LogP contribution in [0.2, 0.25) is 0 Å². The number of benzene rings is 1. The van der Waals surface area contributed by atoms with Crippen LogP contribution in [0.1, 0.15) is 40.3 Å². The molecule has 3 aromatic heterocycles. The van der Waals surface area contributed by atoms with Crippen molar-refractivity contribution in [1.29, 1.82) is 0 Å². The van der Waals surface area contributed by atoms with Crippen molar-refractivity contribution in [2.45, 2.75) is 51.4 Å². The first-order valence-corrected chi connectivity index (χ1v) is 12.3. The molecule has 1 atom stereocenters. The van der Waals surface area contributed by atoms with E-state index >= 15 is 0 Å².